The van der Waals surface area contributed by atoms with Crippen LogP contribution in [0.2, 0.25) is 0 Å². The Balaban J connectivity index is 1.19. The number of aliphatic carboxylic acids is 2. The molecule has 76 heavy (non-hydrogen) atoms. The summed E-state index contributed by atoms with van der Waals surface area (Å²) in [6, 6.07) is 64.2. The van der Waals surface area contributed by atoms with Gasteiger partial charge >= 0.3 is 11.9 Å². The van der Waals surface area contributed by atoms with Crippen molar-refractivity contribution in [1.82, 2.24) is 0 Å². The molecule has 8 aromatic carbocycles. The normalized spacial score (nSPS) is 12.8. The van der Waals surface area contributed by atoms with Crippen LogP contribution >= 0.6 is 0 Å². The number of benzene rings is 8. The first-order valence-electron chi connectivity index (χ1n) is 24.4. The summed E-state index contributed by atoms with van der Waals surface area (Å²) < 4.78 is 37.2. The molecule has 0 saturated heterocycles. The summed E-state index contributed by atoms with van der Waals surface area (Å²) >= 11 is 0. The lowest BCUT2D eigenvalue weighted by atomic mass is 9.75. The van der Waals surface area contributed by atoms with Crippen LogP contribution in [0.4, 0.5) is 0 Å². The van der Waals surface area contributed by atoms with Gasteiger partial charge in [0, 0.05) is 0 Å². The summed E-state index contributed by atoms with van der Waals surface area (Å²) in [5.41, 5.74) is -2.14. The van der Waals surface area contributed by atoms with Crippen LogP contribution in [0, 0.1) is 0 Å². The molecule has 0 spiro atoms. The first kappa shape index (κ1) is 52.9. The van der Waals surface area contributed by atoms with E-state index in [0.29, 0.717) is 45.3 Å². The summed E-state index contributed by atoms with van der Waals surface area (Å²) in [5.74, 6) is -5.65. The maximum atomic E-state index is 15.2. The number of hydrogen-bond donors (Lipinski definition) is 2. The molecule has 0 aliphatic heterocycles. The van der Waals surface area contributed by atoms with Gasteiger partial charge in [-0.15, -0.1) is 0 Å². The smallest absolute Gasteiger partial charge is 0.348 e. The summed E-state index contributed by atoms with van der Waals surface area (Å²) in [4.78, 5) is 58.8. The fraction of sp³-hybridized carbons (Fsp3) is 0.125. The quantitative estimate of drug-likeness (QED) is 0.0371. The Bertz CT molecular complexity index is 3020. The van der Waals surface area contributed by atoms with Crippen molar-refractivity contribution < 1.29 is 57.8 Å². The Labute approximate surface area is 440 Å². The first-order valence-corrected chi connectivity index (χ1v) is 24.4. The Hall–Kier alpha value is -9.36. The predicted octanol–water partition coefficient (Wildman–Crippen LogP) is 11.9. The van der Waals surface area contributed by atoms with E-state index in [0.717, 1.165) is 34.4 Å². The maximum Gasteiger partial charge on any atom is 0.348 e. The zero-order valence-electron chi connectivity index (χ0n) is 41.3. The highest BCUT2D eigenvalue weighted by Gasteiger charge is 2.72. The minimum absolute atomic E-state index is 0.161. The molecule has 2 atom stereocenters. The van der Waals surface area contributed by atoms with E-state index in [1.54, 1.807) is 97.1 Å². The first-order chi connectivity index (χ1) is 37.1. The molecule has 0 aliphatic rings. The fourth-order valence-corrected chi connectivity index (χ4v) is 8.10. The summed E-state index contributed by atoms with van der Waals surface area (Å²) in [6.07, 6.45) is 4.30. The van der Waals surface area contributed by atoms with E-state index >= 15 is 9.59 Å². The Kier molecular flexibility index (Phi) is 18.1. The molecule has 2 unspecified atom stereocenters. The third kappa shape index (κ3) is 13.4. The van der Waals surface area contributed by atoms with E-state index in [1.807, 2.05) is 121 Å². The van der Waals surface area contributed by atoms with Crippen LogP contribution in [-0.4, -0.2) is 44.9 Å². The van der Waals surface area contributed by atoms with Gasteiger partial charge in [-0.3, -0.25) is 9.59 Å². The molecular weight excluding hydrogens is 961 g/mol. The van der Waals surface area contributed by atoms with Gasteiger partial charge in [0.05, 0.1) is 13.2 Å². The second kappa shape index (κ2) is 26.0. The third-order valence-electron chi connectivity index (χ3n) is 12.1. The number of ketones is 2. The molecule has 8 rings (SSSR count). The van der Waals surface area contributed by atoms with Gasteiger partial charge in [0.15, 0.2) is 23.0 Å². The highest BCUT2D eigenvalue weighted by Crippen LogP contribution is 2.39. The van der Waals surface area contributed by atoms with Gasteiger partial charge < -0.3 is 38.6 Å². The highest BCUT2D eigenvalue weighted by atomic mass is 16.6. The van der Waals surface area contributed by atoms with E-state index in [4.69, 9.17) is 28.4 Å². The lowest BCUT2D eigenvalue weighted by Crippen LogP contribution is -2.73. The van der Waals surface area contributed by atoms with Gasteiger partial charge in [0.25, 0.3) is 11.2 Å². The SMILES string of the molecule is O=C(O)C(OCc1ccccc1)(C(=O)/C=C/c1ccc(OCc2ccccc2)c(OCc2ccccc2)c1)C(OCc1ccccc1)(C(=O)O)C(=O)/C=C/c1ccc(OCc2ccccc2)c(OCc2ccccc2)c1. The monoisotopic (exact) mass is 1010 g/mol. The second-order valence-corrected chi connectivity index (χ2v) is 17.4. The van der Waals surface area contributed by atoms with Crippen LogP contribution in [0.15, 0.2) is 231 Å². The van der Waals surface area contributed by atoms with E-state index in [9.17, 15) is 19.8 Å². The molecule has 8 aromatic rings. The van der Waals surface area contributed by atoms with Crippen molar-refractivity contribution in [2.24, 2.45) is 0 Å². The van der Waals surface area contributed by atoms with E-state index in [1.165, 1.54) is 12.2 Å². The summed E-state index contributed by atoms with van der Waals surface area (Å²) in [6.45, 7) is -0.482. The Morgan fingerprint density at radius 1 is 0.329 bits per heavy atom. The molecule has 12 nitrogen and oxygen atoms in total. The predicted molar refractivity (Wildman–Crippen MR) is 287 cm³/mol. The molecule has 2 N–H and O–H groups in total. The molecule has 0 aliphatic carbocycles. The number of hydrogen-bond acceptors (Lipinski definition) is 10. The van der Waals surface area contributed by atoms with Crippen molar-refractivity contribution in [3.05, 3.63) is 275 Å². The van der Waals surface area contributed by atoms with Crippen molar-refractivity contribution in [2.75, 3.05) is 0 Å². The molecule has 0 fully saturated rings. The van der Waals surface area contributed by atoms with E-state index in [2.05, 4.69) is 0 Å². The van der Waals surface area contributed by atoms with E-state index < -0.39 is 47.9 Å². The largest absolute Gasteiger partial charge is 0.485 e. The zero-order chi connectivity index (χ0) is 53.0. The average molecular weight is 1020 g/mol. The van der Waals surface area contributed by atoms with Gasteiger partial charge in [-0.1, -0.05) is 206 Å². The average Bonchev–Trinajstić information content (AvgIpc) is 3.50. The van der Waals surface area contributed by atoms with Crippen LogP contribution in [-0.2, 0) is 68.3 Å². The van der Waals surface area contributed by atoms with Crippen molar-refractivity contribution in [2.45, 2.75) is 50.8 Å². The van der Waals surface area contributed by atoms with Gasteiger partial charge in [-0.25, -0.2) is 9.59 Å². The van der Waals surface area contributed by atoms with Crippen LogP contribution in [0.1, 0.15) is 44.5 Å². The standard InChI is InChI=1S/C64H54O12/c65-59(37-33-47-31-35-55(71-41-49-19-7-1-8-20-49)57(39-47)73-43-51-23-11-3-12-24-51)63(61(67)68,75-45-53-27-15-5-16-28-53)64(62(69)70,76-46-54-29-17-6-18-30-54)60(66)38-34-48-32-36-56(72-42-50-21-9-2-10-22-50)58(40-48)74-44-52-25-13-4-14-26-52/h1-40H,41-46H2,(H,67,68)(H,69,70)/b37-33+,38-34+. The van der Waals surface area contributed by atoms with Crippen molar-refractivity contribution in [1.29, 1.82) is 0 Å². The highest BCUT2D eigenvalue weighted by molar-refractivity contribution is 6.27. The summed E-state index contributed by atoms with van der Waals surface area (Å²) in [5, 5.41) is 23.0. The fourth-order valence-electron chi connectivity index (χ4n) is 8.10. The van der Waals surface area contributed by atoms with Crippen LogP contribution < -0.4 is 18.9 Å². The topological polar surface area (TPSA) is 164 Å². The summed E-state index contributed by atoms with van der Waals surface area (Å²) in [7, 11) is 0. The van der Waals surface area contributed by atoms with Gasteiger partial charge in [0.2, 0.25) is 11.6 Å². The molecule has 0 amide bonds. The van der Waals surface area contributed by atoms with Gasteiger partial charge in [0.1, 0.15) is 26.4 Å². The molecule has 0 aromatic heterocycles. The molecule has 0 radical (unpaired) electrons. The minimum Gasteiger partial charge on any atom is -0.485 e. The minimum atomic E-state index is -3.56. The number of carboxylic acid groups (broad SMARTS) is 2. The number of ether oxygens (including phenoxy) is 6. The third-order valence-corrected chi connectivity index (χ3v) is 12.1. The molecule has 382 valence electrons. The van der Waals surface area contributed by atoms with E-state index in [-0.39, 0.29) is 26.4 Å². The van der Waals surface area contributed by atoms with Crippen molar-refractivity contribution in [3.63, 3.8) is 0 Å². The number of carbonyl (C=O) groups excluding carboxylic acids is 2. The zero-order valence-corrected chi connectivity index (χ0v) is 41.3. The van der Waals surface area contributed by atoms with Crippen LogP contribution in [0.3, 0.4) is 0 Å². The second-order valence-electron chi connectivity index (χ2n) is 17.4. The number of carbonyl (C=O) groups is 4. The lowest BCUT2D eigenvalue weighted by Gasteiger charge is -2.40. The molecule has 0 saturated carbocycles. The lowest BCUT2D eigenvalue weighted by molar-refractivity contribution is -0.227. The van der Waals surface area contributed by atoms with Gasteiger partial charge in [-0.05, 0) is 80.9 Å². The molecule has 0 bridgehead atoms. The molecular formula is C64H54O12. The maximum absolute atomic E-state index is 15.2. The molecule has 12 heteroatoms. The van der Waals surface area contributed by atoms with Crippen molar-refractivity contribution >= 4 is 35.7 Å². The Morgan fingerprint density at radius 3 is 0.842 bits per heavy atom. The number of carboxylic acids is 2. The Morgan fingerprint density at radius 2 is 0.579 bits per heavy atom. The van der Waals surface area contributed by atoms with Crippen molar-refractivity contribution in [3.8, 4) is 23.0 Å². The molecule has 0 heterocycles. The number of rotatable bonds is 27. The van der Waals surface area contributed by atoms with Crippen LogP contribution in [0.5, 0.6) is 23.0 Å². The van der Waals surface area contributed by atoms with Gasteiger partial charge in [-0.2, -0.15) is 0 Å². The van der Waals surface area contributed by atoms with Crippen LogP contribution in [0.25, 0.3) is 12.2 Å².